The van der Waals surface area contributed by atoms with Crippen molar-refractivity contribution in [3.05, 3.63) is 29.3 Å². The van der Waals surface area contributed by atoms with Crippen LogP contribution in [0.15, 0.2) is 18.2 Å². The summed E-state index contributed by atoms with van der Waals surface area (Å²) < 4.78 is 0. The van der Waals surface area contributed by atoms with Crippen LogP contribution in [0, 0.1) is 13.8 Å². The van der Waals surface area contributed by atoms with Crippen LogP contribution >= 0.6 is 0 Å². The SMILES string of the molecule is CCCN(C)C(CC)C(=O)Nc1c(C)cccc1C. The first kappa shape index (κ1) is 15.7. The number of carbonyl (C=O) groups excluding carboxylic acids is 1. The molecule has 3 nitrogen and oxygen atoms in total. The van der Waals surface area contributed by atoms with Crippen molar-refractivity contribution < 1.29 is 4.79 Å². The number of benzene rings is 1. The minimum absolute atomic E-state index is 0.0565. The summed E-state index contributed by atoms with van der Waals surface area (Å²) >= 11 is 0. The number of carbonyl (C=O) groups is 1. The summed E-state index contributed by atoms with van der Waals surface area (Å²) in [5, 5.41) is 3.09. The Balaban J connectivity index is 2.83. The first-order chi connectivity index (χ1) is 9.01. The molecule has 0 bridgehead atoms. The van der Waals surface area contributed by atoms with Crippen molar-refractivity contribution in [1.29, 1.82) is 0 Å². The average molecular weight is 262 g/mol. The van der Waals surface area contributed by atoms with Gasteiger partial charge in [0.2, 0.25) is 5.91 Å². The summed E-state index contributed by atoms with van der Waals surface area (Å²) in [6.45, 7) is 9.19. The lowest BCUT2D eigenvalue weighted by Gasteiger charge is -2.26. The number of para-hydroxylation sites is 1. The third-order valence-corrected chi connectivity index (χ3v) is 3.53. The third kappa shape index (κ3) is 4.06. The Labute approximate surface area is 117 Å². The van der Waals surface area contributed by atoms with Crippen LogP contribution in [0.4, 0.5) is 5.69 Å². The van der Waals surface area contributed by atoms with E-state index >= 15 is 0 Å². The molecule has 1 aromatic rings. The number of nitrogens with one attached hydrogen (secondary N) is 1. The number of amides is 1. The Morgan fingerprint density at radius 2 is 1.84 bits per heavy atom. The molecule has 106 valence electrons. The van der Waals surface area contributed by atoms with Gasteiger partial charge in [0.25, 0.3) is 0 Å². The highest BCUT2D eigenvalue weighted by Gasteiger charge is 2.21. The van der Waals surface area contributed by atoms with Gasteiger partial charge >= 0.3 is 0 Å². The van der Waals surface area contributed by atoms with Gasteiger partial charge in [0, 0.05) is 5.69 Å². The molecule has 0 aliphatic carbocycles. The highest BCUT2D eigenvalue weighted by molar-refractivity contribution is 5.96. The van der Waals surface area contributed by atoms with E-state index in [-0.39, 0.29) is 11.9 Å². The molecular weight excluding hydrogens is 236 g/mol. The summed E-state index contributed by atoms with van der Waals surface area (Å²) in [6.07, 6.45) is 1.89. The van der Waals surface area contributed by atoms with E-state index in [2.05, 4.69) is 24.1 Å². The molecule has 1 aromatic carbocycles. The highest BCUT2D eigenvalue weighted by Crippen LogP contribution is 2.20. The van der Waals surface area contributed by atoms with Crippen LogP contribution in [0.3, 0.4) is 0 Å². The van der Waals surface area contributed by atoms with E-state index in [0.717, 1.165) is 36.2 Å². The largest absolute Gasteiger partial charge is 0.324 e. The number of aryl methyl sites for hydroxylation is 2. The van der Waals surface area contributed by atoms with Gasteiger partial charge in [0.1, 0.15) is 0 Å². The van der Waals surface area contributed by atoms with Gasteiger partial charge in [0.05, 0.1) is 6.04 Å². The van der Waals surface area contributed by atoms with Crippen molar-refractivity contribution >= 4 is 11.6 Å². The van der Waals surface area contributed by atoms with Crippen molar-refractivity contribution in [2.45, 2.75) is 46.6 Å². The standard InChI is InChI=1S/C16H26N2O/c1-6-11-18(5)14(7-2)16(19)17-15-12(3)9-8-10-13(15)4/h8-10,14H,6-7,11H2,1-5H3,(H,17,19). The molecule has 0 saturated heterocycles. The minimum atomic E-state index is -0.0565. The van der Waals surface area contributed by atoms with Crippen LogP contribution in [0.1, 0.15) is 37.8 Å². The quantitative estimate of drug-likeness (QED) is 0.852. The molecule has 1 unspecified atom stereocenters. The third-order valence-electron chi connectivity index (χ3n) is 3.53. The van der Waals surface area contributed by atoms with Gasteiger partial charge < -0.3 is 5.32 Å². The molecule has 1 atom stereocenters. The van der Waals surface area contributed by atoms with E-state index in [4.69, 9.17) is 0 Å². The fourth-order valence-corrected chi connectivity index (χ4v) is 2.42. The Kier molecular flexibility index (Phi) is 6.03. The first-order valence-corrected chi connectivity index (χ1v) is 7.08. The Morgan fingerprint density at radius 3 is 2.32 bits per heavy atom. The molecule has 0 saturated carbocycles. The van der Waals surface area contributed by atoms with Crippen molar-refractivity contribution in [3.63, 3.8) is 0 Å². The van der Waals surface area contributed by atoms with Crippen molar-refractivity contribution in [1.82, 2.24) is 4.90 Å². The van der Waals surface area contributed by atoms with Gasteiger partial charge in [-0.05, 0) is 51.4 Å². The average Bonchev–Trinajstić information content (AvgIpc) is 2.35. The zero-order chi connectivity index (χ0) is 14.4. The van der Waals surface area contributed by atoms with E-state index in [1.807, 2.05) is 39.1 Å². The summed E-state index contributed by atoms with van der Waals surface area (Å²) in [5.74, 6) is 0.0934. The first-order valence-electron chi connectivity index (χ1n) is 7.08. The molecule has 19 heavy (non-hydrogen) atoms. The molecule has 0 radical (unpaired) electrons. The van der Waals surface area contributed by atoms with Gasteiger partial charge in [-0.25, -0.2) is 0 Å². The molecule has 1 N–H and O–H groups in total. The van der Waals surface area contributed by atoms with Gasteiger partial charge in [-0.2, -0.15) is 0 Å². The number of rotatable bonds is 6. The number of hydrogen-bond acceptors (Lipinski definition) is 2. The second-order valence-electron chi connectivity index (χ2n) is 5.16. The Morgan fingerprint density at radius 1 is 1.26 bits per heavy atom. The topological polar surface area (TPSA) is 32.3 Å². The fourth-order valence-electron chi connectivity index (χ4n) is 2.42. The van der Waals surface area contributed by atoms with Gasteiger partial charge in [-0.3, -0.25) is 9.69 Å². The Hall–Kier alpha value is -1.35. The molecule has 3 heteroatoms. The molecular formula is C16H26N2O. The van der Waals surface area contributed by atoms with Crippen molar-refractivity contribution in [2.24, 2.45) is 0 Å². The fraction of sp³-hybridized carbons (Fsp3) is 0.562. The predicted octanol–water partition coefficient (Wildman–Crippen LogP) is 3.36. The van der Waals surface area contributed by atoms with E-state index in [9.17, 15) is 4.79 Å². The molecule has 0 aliphatic heterocycles. The van der Waals surface area contributed by atoms with Crippen LogP contribution in [-0.4, -0.2) is 30.4 Å². The van der Waals surface area contributed by atoms with Crippen LogP contribution in [0.25, 0.3) is 0 Å². The zero-order valence-corrected chi connectivity index (χ0v) is 12.8. The van der Waals surface area contributed by atoms with Crippen LogP contribution < -0.4 is 5.32 Å². The Bertz CT molecular complexity index is 409. The monoisotopic (exact) mass is 262 g/mol. The minimum Gasteiger partial charge on any atom is -0.324 e. The maximum atomic E-state index is 12.4. The molecule has 0 spiro atoms. The van der Waals surface area contributed by atoms with Gasteiger partial charge in [-0.15, -0.1) is 0 Å². The maximum absolute atomic E-state index is 12.4. The van der Waals surface area contributed by atoms with Gasteiger partial charge in [-0.1, -0.05) is 32.0 Å². The summed E-state index contributed by atoms with van der Waals surface area (Å²) in [7, 11) is 2.02. The van der Waals surface area contributed by atoms with E-state index < -0.39 is 0 Å². The zero-order valence-electron chi connectivity index (χ0n) is 12.8. The molecule has 0 aromatic heterocycles. The smallest absolute Gasteiger partial charge is 0.241 e. The molecule has 1 rings (SSSR count). The van der Waals surface area contributed by atoms with E-state index in [1.165, 1.54) is 0 Å². The van der Waals surface area contributed by atoms with E-state index in [1.54, 1.807) is 0 Å². The van der Waals surface area contributed by atoms with Crippen molar-refractivity contribution in [3.8, 4) is 0 Å². The normalized spacial score (nSPS) is 12.5. The lowest BCUT2D eigenvalue weighted by atomic mass is 10.1. The van der Waals surface area contributed by atoms with Crippen LogP contribution in [0.2, 0.25) is 0 Å². The maximum Gasteiger partial charge on any atom is 0.241 e. The number of anilines is 1. The molecule has 0 heterocycles. The van der Waals surface area contributed by atoms with Crippen molar-refractivity contribution in [2.75, 3.05) is 18.9 Å². The summed E-state index contributed by atoms with van der Waals surface area (Å²) in [5.41, 5.74) is 3.18. The number of likely N-dealkylation sites (N-methyl/N-ethyl adjacent to an activating group) is 1. The summed E-state index contributed by atoms with van der Waals surface area (Å²) in [6, 6.07) is 6.01. The molecule has 0 fully saturated rings. The lowest BCUT2D eigenvalue weighted by Crippen LogP contribution is -2.42. The molecule has 1 amide bonds. The van der Waals surface area contributed by atoms with Crippen LogP contribution in [0.5, 0.6) is 0 Å². The second-order valence-corrected chi connectivity index (χ2v) is 5.16. The van der Waals surface area contributed by atoms with E-state index in [0.29, 0.717) is 0 Å². The number of nitrogens with zero attached hydrogens (tertiary/aromatic N) is 1. The lowest BCUT2D eigenvalue weighted by molar-refractivity contribution is -0.121. The predicted molar refractivity (Wildman–Crippen MR) is 81.5 cm³/mol. The highest BCUT2D eigenvalue weighted by atomic mass is 16.2. The summed E-state index contributed by atoms with van der Waals surface area (Å²) in [4.78, 5) is 14.5. The van der Waals surface area contributed by atoms with Crippen LogP contribution in [-0.2, 0) is 4.79 Å². The second kappa shape index (κ2) is 7.29. The number of hydrogen-bond donors (Lipinski definition) is 1. The molecule has 0 aliphatic rings. The van der Waals surface area contributed by atoms with Gasteiger partial charge in [0.15, 0.2) is 0 Å².